The third kappa shape index (κ3) is 3.49. The van der Waals surface area contributed by atoms with Crippen LogP contribution in [0.5, 0.6) is 0 Å². The van der Waals surface area contributed by atoms with Gasteiger partial charge in [-0.15, -0.1) is 0 Å². The number of amides is 1. The molecule has 0 saturated carbocycles. The van der Waals surface area contributed by atoms with Gasteiger partial charge >= 0.3 is 0 Å². The summed E-state index contributed by atoms with van der Waals surface area (Å²) in [5.41, 5.74) is 2.85. The van der Waals surface area contributed by atoms with E-state index in [0.29, 0.717) is 21.5 Å². The van der Waals surface area contributed by atoms with Gasteiger partial charge in [0.1, 0.15) is 6.54 Å². The van der Waals surface area contributed by atoms with Gasteiger partial charge in [-0.2, -0.15) is 0 Å². The maximum Gasteiger partial charge on any atom is 0.244 e. The lowest BCUT2D eigenvalue weighted by atomic mass is 10.1. The highest BCUT2D eigenvalue weighted by atomic mass is 35.5. The van der Waals surface area contributed by atoms with Crippen LogP contribution in [0.2, 0.25) is 5.02 Å². The summed E-state index contributed by atoms with van der Waals surface area (Å²) >= 11 is 6.19. The van der Waals surface area contributed by atoms with E-state index in [9.17, 15) is 9.59 Å². The summed E-state index contributed by atoms with van der Waals surface area (Å²) in [7, 11) is 0. The van der Waals surface area contributed by atoms with E-state index < -0.39 is 0 Å². The highest BCUT2D eigenvalue weighted by Crippen LogP contribution is 2.25. The largest absolute Gasteiger partial charge is 0.331 e. The smallest absolute Gasteiger partial charge is 0.244 e. The zero-order chi connectivity index (χ0) is 21.4. The molecule has 0 fully saturated rings. The molecule has 3 aromatic carbocycles. The zero-order valence-electron chi connectivity index (χ0n) is 16.5. The van der Waals surface area contributed by atoms with E-state index in [-0.39, 0.29) is 17.9 Å². The fraction of sp³-hybridized carbons (Fsp3) is 0.0400. The fourth-order valence-corrected chi connectivity index (χ4v) is 4.07. The number of carbonyl (C=O) groups excluding carboxylic acids is 1. The van der Waals surface area contributed by atoms with Crippen LogP contribution in [0, 0.1) is 0 Å². The summed E-state index contributed by atoms with van der Waals surface area (Å²) in [6, 6.07) is 23.9. The van der Waals surface area contributed by atoms with Crippen LogP contribution in [0.25, 0.3) is 27.5 Å². The number of hydrogen-bond donors (Lipinski definition) is 1. The molecule has 0 aliphatic rings. The Bertz CT molecular complexity index is 1430. The van der Waals surface area contributed by atoms with Crippen LogP contribution in [0.3, 0.4) is 0 Å². The van der Waals surface area contributed by atoms with Crippen LogP contribution in [-0.4, -0.2) is 15.0 Å². The molecule has 0 radical (unpaired) electrons. The molecule has 2 aromatic heterocycles. The molecule has 0 atom stereocenters. The van der Waals surface area contributed by atoms with Gasteiger partial charge in [-0.05, 0) is 54.6 Å². The number of hydrogen-bond acceptors (Lipinski definition) is 2. The number of carbonyl (C=O) groups is 1. The van der Waals surface area contributed by atoms with Gasteiger partial charge in [-0.1, -0.05) is 35.9 Å². The lowest BCUT2D eigenvalue weighted by molar-refractivity contribution is -0.116. The minimum absolute atomic E-state index is 0.0320. The van der Waals surface area contributed by atoms with Crippen LogP contribution < -0.4 is 10.7 Å². The first kappa shape index (κ1) is 19.2. The molecule has 6 heteroatoms. The van der Waals surface area contributed by atoms with Gasteiger partial charge < -0.3 is 14.5 Å². The Hall–Kier alpha value is -3.83. The molecule has 31 heavy (non-hydrogen) atoms. The molecule has 1 N–H and O–H groups in total. The molecule has 0 unspecified atom stereocenters. The topological polar surface area (TPSA) is 56.0 Å². The van der Waals surface area contributed by atoms with Crippen molar-refractivity contribution in [2.75, 3.05) is 5.32 Å². The van der Waals surface area contributed by atoms with Crippen LogP contribution in [0.4, 0.5) is 5.69 Å². The average molecular weight is 428 g/mol. The number of fused-ring (bicyclic) bond motifs is 2. The van der Waals surface area contributed by atoms with E-state index in [1.54, 1.807) is 30.3 Å². The number of anilines is 1. The van der Waals surface area contributed by atoms with E-state index in [0.717, 1.165) is 16.7 Å². The Balaban J connectivity index is 1.57. The summed E-state index contributed by atoms with van der Waals surface area (Å²) in [5.74, 6) is -0.199. The highest BCUT2D eigenvalue weighted by molar-refractivity contribution is 6.31. The fourth-order valence-electron chi connectivity index (χ4n) is 3.90. The molecule has 0 spiro atoms. The third-order valence-electron chi connectivity index (χ3n) is 5.30. The Kier molecular flexibility index (Phi) is 4.81. The quantitative estimate of drug-likeness (QED) is 0.399. The van der Waals surface area contributed by atoms with Crippen LogP contribution >= 0.6 is 11.6 Å². The third-order valence-corrected chi connectivity index (χ3v) is 5.53. The normalized spacial score (nSPS) is 11.1. The second-order valence-electron chi connectivity index (χ2n) is 7.25. The predicted molar refractivity (Wildman–Crippen MR) is 125 cm³/mol. The number of pyridine rings is 1. The molecule has 152 valence electrons. The van der Waals surface area contributed by atoms with Gasteiger partial charge in [0.2, 0.25) is 5.91 Å². The molecule has 5 nitrogen and oxygen atoms in total. The maximum absolute atomic E-state index is 13.1. The first-order valence-corrected chi connectivity index (χ1v) is 10.2. The Morgan fingerprint density at radius 2 is 1.45 bits per heavy atom. The second kappa shape index (κ2) is 7.78. The van der Waals surface area contributed by atoms with Gasteiger partial charge in [0.15, 0.2) is 5.43 Å². The Labute approximate surface area is 183 Å². The SMILES string of the molecule is O=C(Cn1c2ccccc2c(=O)c2ccccc21)Nc1ccc(Cl)cc1-n1cccc1. The summed E-state index contributed by atoms with van der Waals surface area (Å²) in [4.78, 5) is 26.0. The van der Waals surface area contributed by atoms with Gasteiger partial charge in [0.25, 0.3) is 0 Å². The van der Waals surface area contributed by atoms with Gasteiger partial charge in [-0.25, -0.2) is 0 Å². The van der Waals surface area contributed by atoms with Crippen molar-refractivity contribution in [2.45, 2.75) is 6.54 Å². The number of nitrogens with zero attached hydrogens (tertiary/aromatic N) is 2. The maximum atomic E-state index is 13.1. The highest BCUT2D eigenvalue weighted by Gasteiger charge is 2.14. The van der Waals surface area contributed by atoms with E-state index >= 15 is 0 Å². The lowest BCUT2D eigenvalue weighted by Crippen LogP contribution is -2.22. The minimum Gasteiger partial charge on any atom is -0.331 e. The van der Waals surface area contributed by atoms with Crippen LogP contribution in [0.1, 0.15) is 0 Å². The van der Waals surface area contributed by atoms with Crippen molar-refractivity contribution in [3.63, 3.8) is 0 Å². The number of para-hydroxylation sites is 2. The first-order chi connectivity index (χ1) is 15.1. The molecule has 0 bridgehead atoms. The van der Waals surface area contributed by atoms with Crippen molar-refractivity contribution in [3.05, 3.63) is 107 Å². The summed E-state index contributed by atoms with van der Waals surface area (Å²) in [6.07, 6.45) is 3.79. The molecule has 5 rings (SSSR count). The van der Waals surface area contributed by atoms with Crippen molar-refractivity contribution >= 4 is 45.0 Å². The number of nitrogens with one attached hydrogen (secondary N) is 1. The standard InChI is InChI=1S/C25H18ClN3O2/c26-17-11-12-20(23(15-17)28-13-5-6-14-28)27-24(30)16-29-21-9-3-1-7-18(21)25(31)19-8-2-4-10-22(19)29/h1-15H,16H2,(H,27,30). The minimum atomic E-state index is -0.199. The van der Waals surface area contributed by atoms with E-state index in [1.165, 1.54) is 0 Å². The van der Waals surface area contributed by atoms with Crippen LogP contribution in [0.15, 0.2) is 96.1 Å². The van der Waals surface area contributed by atoms with E-state index in [2.05, 4.69) is 5.32 Å². The van der Waals surface area contributed by atoms with Crippen molar-refractivity contribution in [3.8, 4) is 5.69 Å². The van der Waals surface area contributed by atoms with Crippen molar-refractivity contribution in [1.29, 1.82) is 0 Å². The monoisotopic (exact) mass is 427 g/mol. The molecular weight excluding hydrogens is 410 g/mol. The second-order valence-corrected chi connectivity index (χ2v) is 7.69. The molecule has 0 aliphatic heterocycles. The molecule has 2 heterocycles. The molecule has 1 amide bonds. The molecule has 0 saturated heterocycles. The van der Waals surface area contributed by atoms with Gasteiger partial charge in [0, 0.05) is 28.2 Å². The summed E-state index contributed by atoms with van der Waals surface area (Å²) in [6.45, 7) is 0.0645. The van der Waals surface area contributed by atoms with Crippen LogP contribution in [-0.2, 0) is 11.3 Å². The first-order valence-electron chi connectivity index (χ1n) is 9.85. The van der Waals surface area contributed by atoms with E-state index in [4.69, 9.17) is 11.6 Å². The Morgan fingerprint density at radius 3 is 2.10 bits per heavy atom. The van der Waals surface area contributed by atoms with Crippen molar-refractivity contribution < 1.29 is 4.79 Å². The number of halogens is 1. The number of aromatic nitrogens is 2. The molecule has 0 aliphatic carbocycles. The van der Waals surface area contributed by atoms with Crippen molar-refractivity contribution in [2.24, 2.45) is 0 Å². The number of benzene rings is 3. The van der Waals surface area contributed by atoms with E-state index in [1.807, 2.05) is 70.1 Å². The van der Waals surface area contributed by atoms with Gasteiger partial charge in [-0.3, -0.25) is 9.59 Å². The molecule has 5 aromatic rings. The summed E-state index contributed by atoms with van der Waals surface area (Å²) in [5, 5.41) is 4.77. The van der Waals surface area contributed by atoms with Crippen molar-refractivity contribution in [1.82, 2.24) is 9.13 Å². The predicted octanol–water partition coefficient (Wildman–Crippen LogP) is 5.24. The number of rotatable bonds is 4. The Morgan fingerprint density at radius 1 is 0.839 bits per heavy atom. The lowest BCUT2D eigenvalue weighted by Gasteiger charge is -2.16. The molecular formula is C25H18ClN3O2. The zero-order valence-corrected chi connectivity index (χ0v) is 17.2. The average Bonchev–Trinajstić information content (AvgIpc) is 3.33. The summed E-state index contributed by atoms with van der Waals surface area (Å²) < 4.78 is 3.78. The van der Waals surface area contributed by atoms with Gasteiger partial charge in [0.05, 0.1) is 22.4 Å².